The summed E-state index contributed by atoms with van der Waals surface area (Å²) in [7, 11) is 3.16. The van der Waals surface area contributed by atoms with Crippen molar-refractivity contribution in [2.45, 2.75) is 44.3 Å². The first kappa shape index (κ1) is 34.7. The van der Waals surface area contributed by atoms with Crippen LogP contribution in [0.4, 0.5) is 0 Å². The summed E-state index contributed by atoms with van der Waals surface area (Å²) < 4.78 is 11.3. The van der Waals surface area contributed by atoms with Crippen LogP contribution >= 0.6 is 23.2 Å². The third-order valence-electron chi connectivity index (χ3n) is 9.21. The Morgan fingerprint density at radius 3 is 2.04 bits per heavy atom. The molecule has 2 aromatic carbocycles. The van der Waals surface area contributed by atoms with Crippen LogP contribution in [0.15, 0.2) is 67.3 Å². The summed E-state index contributed by atoms with van der Waals surface area (Å²) in [6, 6.07) is 13.4. The number of methoxy groups -OCH3 is 2. The number of hydrogen-bond donors (Lipinski definition) is 2. The van der Waals surface area contributed by atoms with Crippen molar-refractivity contribution in [3.63, 3.8) is 0 Å². The summed E-state index contributed by atoms with van der Waals surface area (Å²) in [6.45, 7) is 3.42. The van der Waals surface area contributed by atoms with E-state index in [2.05, 4.69) is 30.5 Å². The summed E-state index contributed by atoms with van der Waals surface area (Å²) in [6.07, 6.45) is 9.34. The van der Waals surface area contributed by atoms with E-state index < -0.39 is 0 Å². The lowest BCUT2D eigenvalue weighted by atomic mass is 9.98. The van der Waals surface area contributed by atoms with Crippen LogP contribution < -0.4 is 20.1 Å². The highest BCUT2D eigenvalue weighted by Crippen LogP contribution is 2.42. The van der Waals surface area contributed by atoms with Crippen molar-refractivity contribution in [2.24, 2.45) is 0 Å². The van der Waals surface area contributed by atoms with E-state index in [9.17, 15) is 4.79 Å². The maximum atomic E-state index is 11.5. The van der Waals surface area contributed by atoms with Gasteiger partial charge in [0.25, 0.3) is 0 Å². The molecule has 2 aliphatic rings. The minimum atomic E-state index is 0.0843. The van der Waals surface area contributed by atoms with Crippen molar-refractivity contribution >= 4 is 29.1 Å². The van der Waals surface area contributed by atoms with Crippen LogP contribution in [0.25, 0.3) is 33.6 Å². The molecule has 51 heavy (non-hydrogen) atoms. The van der Waals surface area contributed by atoms with E-state index in [0.29, 0.717) is 76.1 Å². The van der Waals surface area contributed by atoms with E-state index in [1.807, 2.05) is 42.5 Å². The van der Waals surface area contributed by atoms with Crippen molar-refractivity contribution in [3.05, 3.63) is 94.5 Å². The number of carbonyl (C=O) groups is 1. The SMILES string of the molecule is COc1nc(-c2cccc(-c3cccc(-c4cnc(CN5CCC(c6ncccn6)C5)c(OC)n4)c3Cl)c2Cl)cnc1CNC[C@@H]1CCC(=O)N1. The fraction of sp³-hybridized carbons (Fsp3) is 0.324. The molecular weight excluding hydrogens is 689 g/mol. The predicted molar refractivity (Wildman–Crippen MR) is 195 cm³/mol. The minimum absolute atomic E-state index is 0.0843. The Morgan fingerprint density at radius 1 is 0.824 bits per heavy atom. The van der Waals surface area contributed by atoms with Gasteiger partial charge in [-0.25, -0.2) is 19.9 Å². The molecule has 2 N–H and O–H groups in total. The zero-order chi connectivity index (χ0) is 35.3. The molecule has 0 aliphatic carbocycles. The molecule has 0 saturated carbocycles. The van der Waals surface area contributed by atoms with Gasteiger partial charge >= 0.3 is 0 Å². The van der Waals surface area contributed by atoms with E-state index in [0.717, 1.165) is 48.6 Å². The zero-order valence-electron chi connectivity index (χ0n) is 28.3. The van der Waals surface area contributed by atoms with Gasteiger partial charge in [-0.1, -0.05) is 59.6 Å². The van der Waals surface area contributed by atoms with Crippen LogP contribution in [0.3, 0.4) is 0 Å². The molecular formula is C37H37Cl2N9O3. The van der Waals surface area contributed by atoms with Gasteiger partial charge in [0.15, 0.2) is 0 Å². The topological polar surface area (TPSA) is 140 Å². The molecule has 3 aromatic heterocycles. The van der Waals surface area contributed by atoms with Crippen LogP contribution in [-0.4, -0.2) is 80.6 Å². The van der Waals surface area contributed by atoms with Gasteiger partial charge in [-0.05, 0) is 25.5 Å². The molecule has 2 aliphatic heterocycles. The molecule has 0 spiro atoms. The molecule has 0 bridgehead atoms. The first-order chi connectivity index (χ1) is 24.9. The number of nitrogens with zero attached hydrogens (tertiary/aromatic N) is 7. The van der Waals surface area contributed by atoms with Crippen LogP contribution in [-0.2, 0) is 17.9 Å². The molecule has 262 valence electrons. The Balaban J connectivity index is 1.09. The molecule has 2 atom stereocenters. The molecule has 5 heterocycles. The molecule has 14 heteroatoms. The lowest BCUT2D eigenvalue weighted by Gasteiger charge is -2.17. The molecule has 1 amide bonds. The average Bonchev–Trinajstić information content (AvgIpc) is 3.81. The smallest absolute Gasteiger partial charge is 0.237 e. The monoisotopic (exact) mass is 725 g/mol. The number of hydrogen-bond acceptors (Lipinski definition) is 11. The molecule has 5 aromatic rings. The number of rotatable bonds is 12. The average molecular weight is 727 g/mol. The lowest BCUT2D eigenvalue weighted by molar-refractivity contribution is -0.119. The van der Waals surface area contributed by atoms with Gasteiger partial charge < -0.3 is 20.1 Å². The molecule has 2 fully saturated rings. The fourth-order valence-corrected chi connectivity index (χ4v) is 7.25. The molecule has 0 radical (unpaired) electrons. The summed E-state index contributed by atoms with van der Waals surface area (Å²) in [4.78, 5) is 41.7. The third-order valence-corrected chi connectivity index (χ3v) is 10.0. The van der Waals surface area contributed by atoms with Gasteiger partial charge in [-0.2, -0.15) is 0 Å². The number of nitrogens with one attached hydrogen (secondary N) is 2. The Hall–Kier alpha value is -4.75. The minimum Gasteiger partial charge on any atom is -0.480 e. The summed E-state index contributed by atoms with van der Waals surface area (Å²) in [5.74, 6) is 2.08. The summed E-state index contributed by atoms with van der Waals surface area (Å²) in [5, 5.41) is 7.25. The highest BCUT2D eigenvalue weighted by atomic mass is 35.5. The second kappa shape index (κ2) is 15.6. The predicted octanol–water partition coefficient (Wildman–Crippen LogP) is 5.74. The van der Waals surface area contributed by atoms with E-state index in [-0.39, 0.29) is 17.9 Å². The van der Waals surface area contributed by atoms with Gasteiger partial charge in [-0.3, -0.25) is 19.7 Å². The lowest BCUT2D eigenvalue weighted by Crippen LogP contribution is -2.35. The summed E-state index contributed by atoms with van der Waals surface area (Å²) >= 11 is 14.2. The van der Waals surface area contributed by atoms with Gasteiger partial charge in [0.2, 0.25) is 17.7 Å². The number of aromatic nitrogens is 6. The number of amides is 1. The quantitative estimate of drug-likeness (QED) is 0.163. The molecule has 7 rings (SSSR count). The summed E-state index contributed by atoms with van der Waals surface area (Å²) in [5.41, 5.74) is 5.40. The third kappa shape index (κ3) is 7.64. The van der Waals surface area contributed by atoms with E-state index in [4.69, 9.17) is 47.6 Å². The second-order valence-electron chi connectivity index (χ2n) is 12.5. The molecule has 1 unspecified atom stereocenters. The van der Waals surface area contributed by atoms with Crippen LogP contribution in [0, 0.1) is 0 Å². The van der Waals surface area contributed by atoms with Crippen molar-refractivity contribution in [2.75, 3.05) is 33.9 Å². The van der Waals surface area contributed by atoms with Gasteiger partial charge in [-0.15, -0.1) is 0 Å². The van der Waals surface area contributed by atoms with Crippen LogP contribution in [0.1, 0.15) is 42.4 Å². The van der Waals surface area contributed by atoms with Crippen LogP contribution in [0.5, 0.6) is 11.8 Å². The number of likely N-dealkylation sites (tertiary alicyclic amines) is 1. The Morgan fingerprint density at radius 2 is 1.43 bits per heavy atom. The number of benzene rings is 2. The Bertz CT molecular complexity index is 2040. The Kier molecular flexibility index (Phi) is 10.6. The van der Waals surface area contributed by atoms with Gasteiger partial charge in [0, 0.05) is 79.2 Å². The maximum absolute atomic E-state index is 11.5. The normalized spacial score (nSPS) is 17.5. The number of halogens is 2. The second-order valence-corrected chi connectivity index (χ2v) is 13.3. The van der Waals surface area contributed by atoms with E-state index in [1.54, 1.807) is 39.0 Å². The van der Waals surface area contributed by atoms with Gasteiger partial charge in [0.05, 0.1) is 48.0 Å². The molecule has 2 saturated heterocycles. The first-order valence-electron chi connectivity index (χ1n) is 16.8. The highest BCUT2D eigenvalue weighted by Gasteiger charge is 2.27. The van der Waals surface area contributed by atoms with E-state index in [1.165, 1.54) is 0 Å². The zero-order valence-corrected chi connectivity index (χ0v) is 29.8. The number of carbonyl (C=O) groups excluding carboxylic acids is 1. The van der Waals surface area contributed by atoms with Crippen molar-refractivity contribution in [1.29, 1.82) is 0 Å². The Labute approximate surface area is 306 Å². The first-order valence-corrected chi connectivity index (χ1v) is 17.5. The van der Waals surface area contributed by atoms with Crippen molar-refractivity contribution in [3.8, 4) is 45.4 Å². The van der Waals surface area contributed by atoms with Crippen LogP contribution in [0.2, 0.25) is 10.0 Å². The van der Waals surface area contributed by atoms with E-state index >= 15 is 0 Å². The fourth-order valence-electron chi connectivity index (χ4n) is 6.60. The molecule has 12 nitrogen and oxygen atoms in total. The maximum Gasteiger partial charge on any atom is 0.237 e. The highest BCUT2D eigenvalue weighted by molar-refractivity contribution is 6.39. The standard InChI is InChI=1S/C37H37Cl2N9O3/c1-50-36-30(17-40-16-23-10-11-32(49)45-23)43-18-28(46-36)26-8-3-6-24(33(26)38)25-7-4-9-27(34(25)39)29-19-44-31(37(47-29)51-2)21-48-15-12-22(20-48)35-41-13-5-14-42-35/h3-9,13-14,18-19,22-23,40H,10-12,15-17,20-21H2,1-2H3,(H,45,49)/t22?,23-/m0/s1. The number of ether oxygens (including phenoxy) is 2. The largest absolute Gasteiger partial charge is 0.480 e. The van der Waals surface area contributed by atoms with Crippen molar-refractivity contribution < 1.29 is 14.3 Å². The van der Waals surface area contributed by atoms with Gasteiger partial charge in [0.1, 0.15) is 17.2 Å². The van der Waals surface area contributed by atoms with Crippen molar-refractivity contribution in [1.82, 2.24) is 45.4 Å².